The second-order valence-corrected chi connectivity index (χ2v) is 6.62. The van der Waals surface area contributed by atoms with Gasteiger partial charge in [-0.3, -0.25) is 0 Å². The van der Waals surface area contributed by atoms with Crippen LogP contribution in [0.4, 0.5) is 0 Å². The summed E-state index contributed by atoms with van der Waals surface area (Å²) in [7, 11) is 0. The van der Waals surface area contributed by atoms with Crippen molar-refractivity contribution in [2.75, 3.05) is 13.2 Å². The average molecular weight is 339 g/mol. The van der Waals surface area contributed by atoms with E-state index in [1.165, 1.54) is 31.2 Å². The van der Waals surface area contributed by atoms with Crippen molar-refractivity contribution in [3.05, 3.63) is 23.8 Å². The zero-order valence-electron chi connectivity index (χ0n) is 12.1. The smallest absolute Gasteiger partial charge is 0.165 e. The van der Waals surface area contributed by atoms with Crippen molar-refractivity contribution in [2.24, 2.45) is 17.8 Å². The molecule has 0 radical (unpaired) electrons. The molecule has 3 unspecified atom stereocenters. The standard InChI is InChI=1S/C17H23BrO2/c1-2-19-16-5-3-4-14(10-18)17(16)20-11-15-9-12-6-7-13(15)8-12/h3-5,12-13,15H,2,6-11H2,1H3. The van der Waals surface area contributed by atoms with Crippen LogP contribution in [0.25, 0.3) is 0 Å². The van der Waals surface area contributed by atoms with Crippen LogP contribution in [0.1, 0.15) is 38.2 Å². The van der Waals surface area contributed by atoms with Gasteiger partial charge >= 0.3 is 0 Å². The summed E-state index contributed by atoms with van der Waals surface area (Å²) >= 11 is 3.54. The molecule has 0 amide bonds. The summed E-state index contributed by atoms with van der Waals surface area (Å²) in [5.74, 6) is 4.46. The number of hydrogen-bond donors (Lipinski definition) is 0. The van der Waals surface area contributed by atoms with E-state index in [0.29, 0.717) is 6.61 Å². The van der Waals surface area contributed by atoms with Crippen LogP contribution >= 0.6 is 15.9 Å². The first-order valence-electron chi connectivity index (χ1n) is 7.75. The highest BCUT2D eigenvalue weighted by Gasteiger charge is 2.39. The maximum atomic E-state index is 6.19. The molecule has 2 nitrogen and oxygen atoms in total. The van der Waals surface area contributed by atoms with Gasteiger partial charge in [0.15, 0.2) is 11.5 Å². The number of hydrogen-bond acceptors (Lipinski definition) is 2. The monoisotopic (exact) mass is 338 g/mol. The highest BCUT2D eigenvalue weighted by molar-refractivity contribution is 9.08. The fraction of sp³-hybridized carbons (Fsp3) is 0.647. The second-order valence-electron chi connectivity index (χ2n) is 6.06. The van der Waals surface area contributed by atoms with Crippen LogP contribution in [0.2, 0.25) is 0 Å². The molecular weight excluding hydrogens is 316 g/mol. The van der Waals surface area contributed by atoms with Gasteiger partial charge in [-0.05, 0) is 50.0 Å². The molecule has 20 heavy (non-hydrogen) atoms. The molecule has 1 aromatic carbocycles. The quantitative estimate of drug-likeness (QED) is 0.694. The minimum Gasteiger partial charge on any atom is -0.490 e. The fourth-order valence-electron chi connectivity index (χ4n) is 3.87. The van der Waals surface area contributed by atoms with Gasteiger partial charge in [0.2, 0.25) is 0 Å². The van der Waals surface area contributed by atoms with Gasteiger partial charge in [-0.15, -0.1) is 0 Å². The van der Waals surface area contributed by atoms with Crippen LogP contribution in [-0.2, 0) is 5.33 Å². The first kappa shape index (κ1) is 14.2. The number of fused-ring (bicyclic) bond motifs is 2. The summed E-state index contributed by atoms with van der Waals surface area (Å²) < 4.78 is 11.9. The van der Waals surface area contributed by atoms with Gasteiger partial charge in [0.25, 0.3) is 0 Å². The van der Waals surface area contributed by atoms with Crippen molar-refractivity contribution in [3.63, 3.8) is 0 Å². The summed E-state index contributed by atoms with van der Waals surface area (Å²) in [5, 5.41) is 0.806. The number of benzene rings is 1. The van der Waals surface area contributed by atoms with Crippen molar-refractivity contribution in [1.29, 1.82) is 0 Å². The number of halogens is 1. The lowest BCUT2D eigenvalue weighted by Gasteiger charge is -2.23. The third kappa shape index (κ3) is 2.83. The van der Waals surface area contributed by atoms with E-state index in [1.54, 1.807) is 0 Å². The Hall–Kier alpha value is -0.700. The molecule has 2 fully saturated rings. The molecule has 0 aromatic heterocycles. The molecule has 2 aliphatic rings. The van der Waals surface area contributed by atoms with Crippen LogP contribution in [-0.4, -0.2) is 13.2 Å². The van der Waals surface area contributed by atoms with E-state index in [0.717, 1.165) is 41.2 Å². The van der Waals surface area contributed by atoms with E-state index >= 15 is 0 Å². The highest BCUT2D eigenvalue weighted by Crippen LogP contribution is 2.48. The molecule has 2 bridgehead atoms. The van der Waals surface area contributed by atoms with Crippen molar-refractivity contribution in [1.82, 2.24) is 0 Å². The molecule has 2 aliphatic carbocycles. The normalized spacial score (nSPS) is 27.8. The lowest BCUT2D eigenvalue weighted by molar-refractivity contribution is 0.186. The lowest BCUT2D eigenvalue weighted by atomic mass is 9.89. The van der Waals surface area contributed by atoms with Gasteiger partial charge < -0.3 is 9.47 Å². The summed E-state index contributed by atoms with van der Waals surface area (Å²) in [4.78, 5) is 0. The Morgan fingerprint density at radius 1 is 1.20 bits per heavy atom. The third-order valence-electron chi connectivity index (χ3n) is 4.83. The summed E-state index contributed by atoms with van der Waals surface area (Å²) in [6.45, 7) is 3.54. The molecule has 0 saturated heterocycles. The van der Waals surface area contributed by atoms with Gasteiger partial charge in [0, 0.05) is 10.9 Å². The van der Waals surface area contributed by atoms with Crippen LogP contribution in [0.5, 0.6) is 11.5 Å². The predicted octanol–water partition coefficient (Wildman–Crippen LogP) is 4.80. The van der Waals surface area contributed by atoms with Crippen LogP contribution in [0.15, 0.2) is 18.2 Å². The lowest BCUT2D eigenvalue weighted by Crippen LogP contribution is -2.19. The van der Waals surface area contributed by atoms with E-state index in [-0.39, 0.29) is 0 Å². The summed E-state index contributed by atoms with van der Waals surface area (Å²) in [6, 6.07) is 6.14. The molecule has 3 atom stereocenters. The predicted molar refractivity (Wildman–Crippen MR) is 84.7 cm³/mol. The van der Waals surface area contributed by atoms with E-state index in [9.17, 15) is 0 Å². The minimum atomic E-state index is 0.677. The van der Waals surface area contributed by atoms with Gasteiger partial charge in [0.05, 0.1) is 13.2 Å². The van der Waals surface area contributed by atoms with Crippen molar-refractivity contribution in [3.8, 4) is 11.5 Å². The molecule has 0 N–H and O–H groups in total. The zero-order chi connectivity index (χ0) is 13.9. The Morgan fingerprint density at radius 2 is 2.10 bits per heavy atom. The number of ether oxygens (including phenoxy) is 2. The van der Waals surface area contributed by atoms with E-state index in [1.807, 2.05) is 19.1 Å². The Bertz CT molecular complexity index is 460. The highest BCUT2D eigenvalue weighted by atomic mass is 79.9. The fourth-order valence-corrected chi connectivity index (χ4v) is 4.31. The average Bonchev–Trinajstić information content (AvgIpc) is 3.08. The molecule has 110 valence electrons. The molecule has 2 saturated carbocycles. The van der Waals surface area contributed by atoms with E-state index in [2.05, 4.69) is 22.0 Å². The Kier molecular flexibility index (Phi) is 4.54. The molecular formula is C17H23BrO2. The van der Waals surface area contributed by atoms with Crippen LogP contribution in [0, 0.1) is 17.8 Å². The molecule has 3 heteroatoms. The van der Waals surface area contributed by atoms with Crippen LogP contribution < -0.4 is 9.47 Å². The maximum Gasteiger partial charge on any atom is 0.165 e. The molecule has 0 aliphatic heterocycles. The minimum absolute atomic E-state index is 0.677. The molecule has 0 spiro atoms. The van der Waals surface area contributed by atoms with Crippen LogP contribution in [0.3, 0.4) is 0 Å². The Balaban J connectivity index is 1.69. The summed E-state index contributed by atoms with van der Waals surface area (Å²) in [6.07, 6.45) is 5.66. The summed E-state index contributed by atoms with van der Waals surface area (Å²) in [5.41, 5.74) is 1.18. The largest absolute Gasteiger partial charge is 0.490 e. The van der Waals surface area contributed by atoms with Crippen molar-refractivity contribution in [2.45, 2.75) is 37.9 Å². The van der Waals surface area contributed by atoms with Crippen molar-refractivity contribution >= 4 is 15.9 Å². The van der Waals surface area contributed by atoms with Crippen molar-refractivity contribution < 1.29 is 9.47 Å². The maximum absolute atomic E-state index is 6.19. The third-order valence-corrected chi connectivity index (χ3v) is 5.43. The first-order valence-corrected chi connectivity index (χ1v) is 8.87. The van der Waals surface area contributed by atoms with Gasteiger partial charge in [0.1, 0.15) is 0 Å². The van der Waals surface area contributed by atoms with Gasteiger partial charge in [-0.1, -0.05) is 34.5 Å². The zero-order valence-corrected chi connectivity index (χ0v) is 13.7. The van der Waals surface area contributed by atoms with E-state index in [4.69, 9.17) is 9.47 Å². The Morgan fingerprint density at radius 3 is 2.75 bits per heavy atom. The number of alkyl halides is 1. The van der Waals surface area contributed by atoms with Gasteiger partial charge in [-0.2, -0.15) is 0 Å². The molecule has 1 aromatic rings. The molecule has 3 rings (SSSR count). The number of rotatable bonds is 6. The topological polar surface area (TPSA) is 18.5 Å². The Labute approximate surface area is 130 Å². The molecule has 0 heterocycles. The first-order chi connectivity index (χ1) is 9.81. The second kappa shape index (κ2) is 6.38. The number of para-hydroxylation sites is 1. The van der Waals surface area contributed by atoms with Gasteiger partial charge in [-0.25, -0.2) is 0 Å². The van der Waals surface area contributed by atoms with E-state index < -0.39 is 0 Å². The SMILES string of the molecule is CCOc1cccc(CBr)c1OCC1CC2CCC1C2.